The summed E-state index contributed by atoms with van der Waals surface area (Å²) < 4.78 is 24.9. The van der Waals surface area contributed by atoms with Gasteiger partial charge >= 0.3 is 0 Å². The summed E-state index contributed by atoms with van der Waals surface area (Å²) in [6, 6.07) is 4.60. The van der Waals surface area contributed by atoms with Gasteiger partial charge in [0.25, 0.3) is 0 Å². The molecule has 0 heterocycles. The summed E-state index contributed by atoms with van der Waals surface area (Å²) in [5.41, 5.74) is 0.302. The van der Waals surface area contributed by atoms with Crippen LogP contribution in [0.1, 0.15) is 19.8 Å². The van der Waals surface area contributed by atoms with Gasteiger partial charge in [-0.2, -0.15) is 0 Å². The number of carbonyl (C=O) groups is 1. The molecule has 0 aliphatic rings. The van der Waals surface area contributed by atoms with Crippen molar-refractivity contribution >= 4 is 44.8 Å². The summed E-state index contributed by atoms with van der Waals surface area (Å²) in [5, 5.41) is 3.34. The third-order valence-corrected chi connectivity index (χ3v) is 4.43. The van der Waals surface area contributed by atoms with Crippen LogP contribution in [0, 0.1) is 0 Å². The Hall–Kier alpha value is -0.980. The predicted octanol–water partition coefficient (Wildman–Crippen LogP) is 2.68. The van der Waals surface area contributed by atoms with Gasteiger partial charge in [-0.25, -0.2) is 8.42 Å². The Bertz CT molecular complexity index is 605. The number of amides is 1. The molecule has 0 saturated carbocycles. The van der Waals surface area contributed by atoms with Crippen LogP contribution in [0.3, 0.4) is 0 Å². The molecule has 1 aromatic carbocycles. The number of nitrogens with zero attached hydrogens (tertiary/aromatic N) is 1. The van der Waals surface area contributed by atoms with Crippen LogP contribution in [-0.2, 0) is 14.8 Å². The molecule has 0 saturated heterocycles. The molecule has 5 nitrogen and oxygen atoms in total. The first-order chi connectivity index (χ1) is 9.75. The van der Waals surface area contributed by atoms with Gasteiger partial charge in [0.15, 0.2) is 0 Å². The SMILES string of the molecule is CCCC(=O)NCCN(c1cc(Cl)ccc1Cl)S(C)(=O)=O. The quantitative estimate of drug-likeness (QED) is 0.820. The van der Waals surface area contributed by atoms with Crippen molar-refractivity contribution in [1.29, 1.82) is 0 Å². The molecule has 1 N–H and O–H groups in total. The maximum Gasteiger partial charge on any atom is 0.232 e. The van der Waals surface area contributed by atoms with E-state index >= 15 is 0 Å². The second-order valence-corrected chi connectivity index (χ2v) is 7.28. The summed E-state index contributed by atoms with van der Waals surface area (Å²) in [4.78, 5) is 11.4. The average molecular weight is 353 g/mol. The maximum atomic E-state index is 11.9. The van der Waals surface area contributed by atoms with E-state index in [1.54, 1.807) is 6.07 Å². The van der Waals surface area contributed by atoms with E-state index in [4.69, 9.17) is 23.2 Å². The highest BCUT2D eigenvalue weighted by molar-refractivity contribution is 7.92. The molecule has 21 heavy (non-hydrogen) atoms. The molecule has 8 heteroatoms. The molecule has 0 bridgehead atoms. The first kappa shape index (κ1) is 18.1. The largest absolute Gasteiger partial charge is 0.354 e. The lowest BCUT2D eigenvalue weighted by atomic mass is 10.3. The van der Waals surface area contributed by atoms with Crippen LogP contribution in [0.2, 0.25) is 10.0 Å². The smallest absolute Gasteiger partial charge is 0.232 e. The minimum absolute atomic E-state index is 0.0916. The number of nitrogens with one attached hydrogen (secondary N) is 1. The Kier molecular flexibility index (Phi) is 6.77. The van der Waals surface area contributed by atoms with E-state index in [0.717, 1.165) is 17.0 Å². The van der Waals surface area contributed by atoms with E-state index in [1.807, 2.05) is 6.92 Å². The third kappa shape index (κ3) is 5.73. The van der Waals surface area contributed by atoms with Gasteiger partial charge in [-0.1, -0.05) is 30.1 Å². The highest BCUT2D eigenvalue weighted by Crippen LogP contribution is 2.30. The minimum atomic E-state index is -3.53. The molecular weight excluding hydrogens is 335 g/mol. The van der Waals surface area contributed by atoms with Gasteiger partial charge in [-0.15, -0.1) is 0 Å². The van der Waals surface area contributed by atoms with Crippen LogP contribution >= 0.6 is 23.2 Å². The average Bonchev–Trinajstić information content (AvgIpc) is 2.37. The number of anilines is 1. The molecular formula is C13H18Cl2N2O3S. The van der Waals surface area contributed by atoms with Gasteiger partial charge in [-0.05, 0) is 24.6 Å². The molecule has 0 radical (unpaired) electrons. The normalized spacial score (nSPS) is 11.2. The number of sulfonamides is 1. The van der Waals surface area contributed by atoms with Gasteiger partial charge in [0, 0.05) is 18.0 Å². The number of benzene rings is 1. The number of carbonyl (C=O) groups excluding carboxylic acids is 1. The highest BCUT2D eigenvalue weighted by Gasteiger charge is 2.20. The Morgan fingerprint density at radius 2 is 2.00 bits per heavy atom. The maximum absolute atomic E-state index is 11.9. The Labute approximate surface area is 135 Å². The zero-order valence-electron chi connectivity index (χ0n) is 11.9. The number of rotatable bonds is 7. The molecule has 1 amide bonds. The van der Waals surface area contributed by atoms with Gasteiger partial charge in [0.1, 0.15) is 0 Å². The summed E-state index contributed by atoms with van der Waals surface area (Å²) in [7, 11) is -3.53. The summed E-state index contributed by atoms with van der Waals surface area (Å²) in [6.07, 6.45) is 2.23. The topological polar surface area (TPSA) is 66.5 Å². The van der Waals surface area contributed by atoms with E-state index in [2.05, 4.69) is 5.32 Å². The van der Waals surface area contributed by atoms with Crippen LogP contribution in [0.4, 0.5) is 5.69 Å². The van der Waals surface area contributed by atoms with Gasteiger partial charge in [0.05, 0.1) is 23.5 Å². The first-order valence-corrected chi connectivity index (χ1v) is 9.05. The van der Waals surface area contributed by atoms with E-state index < -0.39 is 10.0 Å². The lowest BCUT2D eigenvalue weighted by molar-refractivity contribution is -0.121. The van der Waals surface area contributed by atoms with Crippen LogP contribution in [0.15, 0.2) is 18.2 Å². The standard InChI is InChI=1S/C13H18Cl2N2O3S/c1-3-4-13(18)16-7-8-17(21(2,19)20)12-9-10(14)5-6-11(12)15/h5-6,9H,3-4,7-8H2,1-2H3,(H,16,18). The molecule has 0 atom stereocenters. The number of halogens is 2. The van der Waals surface area contributed by atoms with E-state index in [-0.39, 0.29) is 24.0 Å². The Morgan fingerprint density at radius 1 is 1.33 bits per heavy atom. The van der Waals surface area contributed by atoms with Gasteiger partial charge in [-0.3, -0.25) is 9.10 Å². The van der Waals surface area contributed by atoms with Crippen molar-refractivity contribution in [3.05, 3.63) is 28.2 Å². The Balaban J connectivity index is 2.88. The lowest BCUT2D eigenvalue weighted by Crippen LogP contribution is -2.38. The predicted molar refractivity (Wildman–Crippen MR) is 86.6 cm³/mol. The second kappa shape index (κ2) is 7.87. The highest BCUT2D eigenvalue weighted by atomic mass is 35.5. The van der Waals surface area contributed by atoms with Gasteiger partial charge < -0.3 is 5.32 Å². The lowest BCUT2D eigenvalue weighted by Gasteiger charge is -2.23. The van der Waals surface area contributed by atoms with Crippen molar-refractivity contribution in [3.63, 3.8) is 0 Å². The minimum Gasteiger partial charge on any atom is -0.354 e. The second-order valence-electron chi connectivity index (χ2n) is 4.53. The number of hydrogen-bond acceptors (Lipinski definition) is 3. The van der Waals surface area contributed by atoms with Gasteiger partial charge in [0.2, 0.25) is 15.9 Å². The van der Waals surface area contributed by atoms with Crippen LogP contribution in [0.5, 0.6) is 0 Å². The summed E-state index contributed by atoms with van der Waals surface area (Å²) in [6.45, 7) is 2.19. The zero-order chi connectivity index (χ0) is 16.0. The van der Waals surface area contributed by atoms with Crippen molar-refractivity contribution in [2.24, 2.45) is 0 Å². The van der Waals surface area contributed by atoms with Crippen LogP contribution in [-0.4, -0.2) is 33.7 Å². The monoisotopic (exact) mass is 352 g/mol. The van der Waals surface area contributed by atoms with Crippen molar-refractivity contribution in [1.82, 2.24) is 5.32 Å². The van der Waals surface area contributed by atoms with E-state index in [1.165, 1.54) is 12.1 Å². The zero-order valence-corrected chi connectivity index (χ0v) is 14.2. The molecule has 0 unspecified atom stereocenters. The van der Waals surface area contributed by atoms with Crippen molar-refractivity contribution < 1.29 is 13.2 Å². The molecule has 0 aromatic heterocycles. The molecule has 1 aromatic rings. The van der Waals surface area contributed by atoms with E-state index in [9.17, 15) is 13.2 Å². The fraction of sp³-hybridized carbons (Fsp3) is 0.462. The summed E-state index contributed by atoms with van der Waals surface area (Å²) in [5.74, 6) is -0.108. The first-order valence-electron chi connectivity index (χ1n) is 6.45. The Morgan fingerprint density at radius 3 is 2.57 bits per heavy atom. The number of hydrogen-bond donors (Lipinski definition) is 1. The van der Waals surface area contributed by atoms with Crippen molar-refractivity contribution in [2.45, 2.75) is 19.8 Å². The van der Waals surface area contributed by atoms with E-state index in [0.29, 0.717) is 17.1 Å². The molecule has 0 fully saturated rings. The molecule has 1 rings (SSSR count). The third-order valence-electron chi connectivity index (χ3n) is 2.69. The van der Waals surface area contributed by atoms with Crippen LogP contribution in [0.25, 0.3) is 0 Å². The van der Waals surface area contributed by atoms with Crippen LogP contribution < -0.4 is 9.62 Å². The molecule has 0 aliphatic heterocycles. The molecule has 118 valence electrons. The molecule has 0 aliphatic carbocycles. The fourth-order valence-electron chi connectivity index (χ4n) is 1.75. The summed E-state index contributed by atoms with van der Waals surface area (Å²) >= 11 is 11.9. The van der Waals surface area contributed by atoms with Crippen molar-refractivity contribution in [3.8, 4) is 0 Å². The fourth-order valence-corrected chi connectivity index (χ4v) is 3.12. The van der Waals surface area contributed by atoms with Crippen molar-refractivity contribution in [2.75, 3.05) is 23.7 Å². The molecule has 0 spiro atoms.